The highest BCUT2D eigenvalue weighted by atomic mass is 17.5. The van der Waals surface area contributed by atoms with Gasteiger partial charge in [-0.1, -0.05) is 18.9 Å². The van der Waals surface area contributed by atoms with Crippen LogP contribution in [-0.2, 0) is 24.3 Å². The van der Waals surface area contributed by atoms with Gasteiger partial charge in [-0.05, 0) is 12.8 Å². The lowest BCUT2D eigenvalue weighted by atomic mass is 9.84. The highest BCUT2D eigenvalue weighted by molar-refractivity contribution is 4.84. The molecule has 0 aromatic carbocycles. The van der Waals surface area contributed by atoms with Crippen molar-refractivity contribution in [2.45, 2.75) is 26.7 Å². The number of rotatable bonds is 8. The van der Waals surface area contributed by atoms with Crippen molar-refractivity contribution in [3.63, 3.8) is 0 Å². The summed E-state index contributed by atoms with van der Waals surface area (Å²) in [5, 5.41) is 4.79. The maximum absolute atomic E-state index is 5.19. The topological polar surface area (TPSA) is 46.2 Å². The van der Waals surface area contributed by atoms with Crippen LogP contribution in [0.25, 0.3) is 0 Å². The normalized spacial score (nSPS) is 25.1. The van der Waals surface area contributed by atoms with Gasteiger partial charge >= 0.3 is 0 Å². The summed E-state index contributed by atoms with van der Waals surface area (Å²) >= 11 is 0. The summed E-state index contributed by atoms with van der Waals surface area (Å²) in [5.41, 5.74) is 0.261. The summed E-state index contributed by atoms with van der Waals surface area (Å²) in [6, 6.07) is 0. The summed E-state index contributed by atoms with van der Waals surface area (Å²) in [5.74, 6) is 0. The molecule has 0 aliphatic carbocycles. The van der Waals surface area contributed by atoms with Crippen molar-refractivity contribution in [3.05, 3.63) is 0 Å². The van der Waals surface area contributed by atoms with Crippen molar-refractivity contribution in [2.24, 2.45) is 10.8 Å². The first-order valence-corrected chi connectivity index (χ1v) is 6.31. The first-order chi connectivity index (χ1) is 8.24. The smallest absolute Gasteiger partial charge is 0.0954 e. The van der Waals surface area contributed by atoms with E-state index in [0.717, 1.165) is 39.3 Å². The summed E-state index contributed by atoms with van der Waals surface area (Å²) in [4.78, 5) is 10.2. The van der Waals surface area contributed by atoms with E-state index in [1.54, 1.807) is 0 Å². The minimum atomic E-state index is 0.130. The summed E-state index contributed by atoms with van der Waals surface area (Å²) in [6.07, 6.45) is 2.06. The molecule has 2 aliphatic rings. The highest BCUT2D eigenvalue weighted by Crippen LogP contribution is 2.32. The maximum atomic E-state index is 5.19. The van der Waals surface area contributed by atoms with Crippen LogP contribution in [0.15, 0.2) is 0 Å². The van der Waals surface area contributed by atoms with Gasteiger partial charge in [0.25, 0.3) is 0 Å². The van der Waals surface area contributed by atoms with Gasteiger partial charge in [0.05, 0.1) is 39.6 Å². The molecule has 5 heteroatoms. The Morgan fingerprint density at radius 2 is 1.24 bits per heavy atom. The molecule has 0 spiro atoms. The van der Waals surface area contributed by atoms with Crippen molar-refractivity contribution in [2.75, 3.05) is 39.6 Å². The van der Waals surface area contributed by atoms with Gasteiger partial charge in [0, 0.05) is 10.8 Å². The fraction of sp³-hybridized carbons (Fsp3) is 1.00. The van der Waals surface area contributed by atoms with Crippen LogP contribution in [0.5, 0.6) is 0 Å². The Hall–Kier alpha value is -0.200. The molecule has 2 heterocycles. The molecule has 0 aromatic rings. The molecular weight excluding hydrogens is 224 g/mol. The highest BCUT2D eigenvalue weighted by Gasteiger charge is 2.39. The van der Waals surface area contributed by atoms with Gasteiger partial charge in [-0.15, -0.1) is 0 Å². The van der Waals surface area contributed by atoms with E-state index in [1.807, 2.05) is 0 Å². The molecule has 0 radical (unpaired) electrons. The molecule has 17 heavy (non-hydrogen) atoms. The van der Waals surface area contributed by atoms with Crippen LogP contribution in [0.4, 0.5) is 0 Å². The van der Waals surface area contributed by atoms with E-state index in [-0.39, 0.29) is 10.8 Å². The molecule has 0 atom stereocenters. The second-order valence-corrected chi connectivity index (χ2v) is 5.29. The maximum Gasteiger partial charge on any atom is 0.0954 e. The largest absolute Gasteiger partial charge is 0.380 e. The van der Waals surface area contributed by atoms with E-state index in [0.29, 0.717) is 13.2 Å². The minimum absolute atomic E-state index is 0.130. The van der Waals surface area contributed by atoms with Crippen molar-refractivity contribution in [1.82, 2.24) is 0 Å². The van der Waals surface area contributed by atoms with Crippen molar-refractivity contribution >= 4 is 0 Å². The van der Waals surface area contributed by atoms with Crippen molar-refractivity contribution in [1.29, 1.82) is 0 Å². The SMILES string of the molecule is CCC1(COOOCC2(CC)COC2)COC1. The number of hydrogen-bond donors (Lipinski definition) is 0. The Morgan fingerprint density at radius 3 is 1.47 bits per heavy atom. The van der Waals surface area contributed by atoms with Crippen LogP contribution in [0.3, 0.4) is 0 Å². The Morgan fingerprint density at radius 1 is 0.824 bits per heavy atom. The molecule has 0 amide bonds. The molecule has 5 nitrogen and oxygen atoms in total. The standard InChI is InChI=1S/C12H22O5/c1-3-11(5-13-6-11)9-15-17-16-10-12(4-2)7-14-8-12/h3-10H2,1-2H3. The third kappa shape index (κ3) is 2.98. The number of ether oxygens (including phenoxy) is 2. The Balaban J connectivity index is 1.54. The zero-order chi connectivity index (χ0) is 12.2. The molecular formula is C12H22O5. The summed E-state index contributed by atoms with van der Waals surface area (Å²) in [6.45, 7) is 8.31. The van der Waals surface area contributed by atoms with Crippen molar-refractivity contribution in [3.8, 4) is 0 Å². The average molecular weight is 246 g/mol. The number of hydrogen-bond acceptors (Lipinski definition) is 5. The molecule has 2 saturated heterocycles. The van der Waals surface area contributed by atoms with E-state index in [4.69, 9.17) is 24.3 Å². The molecule has 0 N–H and O–H groups in total. The molecule has 0 aromatic heterocycles. The molecule has 2 fully saturated rings. The minimum Gasteiger partial charge on any atom is -0.380 e. The zero-order valence-electron chi connectivity index (χ0n) is 10.7. The molecule has 0 unspecified atom stereocenters. The molecule has 2 rings (SSSR count). The second-order valence-electron chi connectivity index (χ2n) is 5.29. The first kappa shape index (κ1) is 13.2. The second kappa shape index (κ2) is 5.63. The fourth-order valence-corrected chi connectivity index (χ4v) is 1.89. The van der Waals surface area contributed by atoms with E-state index in [1.165, 1.54) is 0 Å². The lowest BCUT2D eigenvalue weighted by molar-refractivity contribution is -0.529. The van der Waals surface area contributed by atoms with E-state index in [9.17, 15) is 0 Å². The van der Waals surface area contributed by atoms with Crippen LogP contribution in [0.2, 0.25) is 0 Å². The fourth-order valence-electron chi connectivity index (χ4n) is 1.89. The zero-order valence-corrected chi connectivity index (χ0v) is 10.7. The average Bonchev–Trinajstić information content (AvgIpc) is 2.24. The predicted octanol–water partition coefficient (Wildman–Crippen LogP) is 1.72. The molecule has 0 bridgehead atoms. The van der Waals surface area contributed by atoms with Crippen LogP contribution in [-0.4, -0.2) is 39.6 Å². The van der Waals surface area contributed by atoms with Gasteiger partial charge < -0.3 is 9.47 Å². The quantitative estimate of drug-likeness (QED) is 0.371. The van der Waals surface area contributed by atoms with E-state index in [2.05, 4.69) is 13.8 Å². The molecule has 2 aliphatic heterocycles. The molecule has 0 saturated carbocycles. The van der Waals surface area contributed by atoms with Gasteiger partial charge in [-0.25, -0.2) is 9.78 Å². The lowest BCUT2D eigenvalue weighted by Crippen LogP contribution is -2.46. The van der Waals surface area contributed by atoms with Gasteiger partial charge in [0.1, 0.15) is 0 Å². The Labute approximate surface area is 102 Å². The van der Waals surface area contributed by atoms with Gasteiger partial charge in [-0.3, -0.25) is 0 Å². The van der Waals surface area contributed by atoms with Gasteiger partial charge in [-0.2, -0.15) is 0 Å². The van der Waals surface area contributed by atoms with E-state index >= 15 is 0 Å². The summed E-state index contributed by atoms with van der Waals surface area (Å²) < 4.78 is 10.4. The monoisotopic (exact) mass is 246 g/mol. The van der Waals surface area contributed by atoms with Crippen molar-refractivity contribution < 1.29 is 24.3 Å². The summed E-state index contributed by atoms with van der Waals surface area (Å²) in [7, 11) is 0. The van der Waals surface area contributed by atoms with Crippen LogP contribution in [0, 0.1) is 10.8 Å². The van der Waals surface area contributed by atoms with Crippen LogP contribution >= 0.6 is 0 Å². The van der Waals surface area contributed by atoms with Gasteiger partial charge in [0.15, 0.2) is 0 Å². The Bertz CT molecular complexity index is 200. The van der Waals surface area contributed by atoms with Gasteiger partial charge in [0.2, 0.25) is 0 Å². The van der Waals surface area contributed by atoms with Crippen LogP contribution < -0.4 is 0 Å². The third-order valence-corrected chi connectivity index (χ3v) is 3.96. The third-order valence-electron chi connectivity index (χ3n) is 3.96. The predicted molar refractivity (Wildman–Crippen MR) is 60.1 cm³/mol. The molecule has 100 valence electrons. The first-order valence-electron chi connectivity index (χ1n) is 6.31. The van der Waals surface area contributed by atoms with Crippen LogP contribution in [0.1, 0.15) is 26.7 Å². The Kier molecular flexibility index (Phi) is 4.38. The van der Waals surface area contributed by atoms with E-state index < -0.39 is 0 Å². The lowest BCUT2D eigenvalue weighted by Gasteiger charge is -2.40.